The SMILES string of the molecule is CSc1ccc(-c2ccc3nccc(C(=O)NCC(=O)N4CCC[C@H]4C#N)c3c2)cc1. The number of carbonyl (C=O) groups excluding carboxylic acids is 2. The topological polar surface area (TPSA) is 86.1 Å². The fourth-order valence-electron chi connectivity index (χ4n) is 3.86. The summed E-state index contributed by atoms with van der Waals surface area (Å²) in [5.74, 6) is -0.561. The number of hydrogen-bond donors (Lipinski definition) is 1. The van der Waals surface area contributed by atoms with Crippen molar-refractivity contribution >= 4 is 34.5 Å². The van der Waals surface area contributed by atoms with Gasteiger partial charge in [-0.15, -0.1) is 11.8 Å². The Labute approximate surface area is 185 Å². The van der Waals surface area contributed by atoms with Gasteiger partial charge in [0, 0.05) is 23.0 Å². The highest BCUT2D eigenvalue weighted by molar-refractivity contribution is 7.98. The number of nitrogens with zero attached hydrogens (tertiary/aromatic N) is 3. The summed E-state index contributed by atoms with van der Waals surface area (Å²) >= 11 is 1.69. The third-order valence-corrected chi connectivity index (χ3v) is 6.28. The molecule has 1 aliphatic rings. The second-order valence-corrected chi connectivity index (χ2v) is 8.26. The molecule has 1 fully saturated rings. The molecule has 156 valence electrons. The van der Waals surface area contributed by atoms with Crippen molar-refractivity contribution in [2.45, 2.75) is 23.8 Å². The van der Waals surface area contributed by atoms with Gasteiger partial charge in [0.2, 0.25) is 5.91 Å². The number of benzene rings is 2. The molecule has 2 heterocycles. The van der Waals surface area contributed by atoms with Gasteiger partial charge in [-0.3, -0.25) is 14.6 Å². The summed E-state index contributed by atoms with van der Waals surface area (Å²) in [6.07, 6.45) is 5.13. The Kier molecular flexibility index (Phi) is 6.19. The minimum Gasteiger partial charge on any atom is -0.343 e. The molecular formula is C24H22N4O2S. The largest absolute Gasteiger partial charge is 0.343 e. The molecule has 2 amide bonds. The molecule has 2 aromatic carbocycles. The maximum absolute atomic E-state index is 12.9. The zero-order valence-corrected chi connectivity index (χ0v) is 18.0. The predicted molar refractivity (Wildman–Crippen MR) is 122 cm³/mol. The van der Waals surface area contributed by atoms with Gasteiger partial charge < -0.3 is 10.2 Å². The molecule has 31 heavy (non-hydrogen) atoms. The molecule has 3 aromatic rings. The van der Waals surface area contributed by atoms with E-state index in [2.05, 4.69) is 40.6 Å². The van der Waals surface area contributed by atoms with Crippen molar-refractivity contribution in [3.05, 3.63) is 60.3 Å². The van der Waals surface area contributed by atoms with Crippen molar-refractivity contribution in [2.24, 2.45) is 0 Å². The Morgan fingerprint density at radius 2 is 1.97 bits per heavy atom. The molecule has 0 bridgehead atoms. The van der Waals surface area contributed by atoms with E-state index in [0.29, 0.717) is 24.0 Å². The van der Waals surface area contributed by atoms with Crippen LogP contribution in [0.4, 0.5) is 0 Å². The number of fused-ring (bicyclic) bond motifs is 1. The van der Waals surface area contributed by atoms with Gasteiger partial charge in [0.1, 0.15) is 6.04 Å². The van der Waals surface area contributed by atoms with Crippen molar-refractivity contribution < 1.29 is 9.59 Å². The van der Waals surface area contributed by atoms with Crippen molar-refractivity contribution in [3.63, 3.8) is 0 Å². The standard InChI is InChI=1S/C24H22N4O2S/c1-31-19-7-4-16(5-8-19)17-6-9-22-21(13-17)20(10-11-26-22)24(30)27-15-23(29)28-12-2-3-18(28)14-25/h4-11,13,18H,2-3,12,15H2,1H3,(H,27,30)/t18-/m0/s1. The number of hydrogen-bond acceptors (Lipinski definition) is 5. The summed E-state index contributed by atoms with van der Waals surface area (Å²) in [5.41, 5.74) is 3.24. The summed E-state index contributed by atoms with van der Waals surface area (Å²) in [6, 6.07) is 17.5. The lowest BCUT2D eigenvalue weighted by Crippen LogP contribution is -2.42. The van der Waals surface area contributed by atoms with E-state index in [0.717, 1.165) is 22.9 Å². The number of pyridine rings is 1. The molecule has 4 rings (SSSR count). The smallest absolute Gasteiger partial charge is 0.252 e. The molecule has 0 aliphatic carbocycles. The molecule has 1 aromatic heterocycles. The molecule has 0 radical (unpaired) electrons. The van der Waals surface area contributed by atoms with Crippen LogP contribution in [0.5, 0.6) is 0 Å². The Bertz CT molecular complexity index is 1170. The second-order valence-electron chi connectivity index (χ2n) is 7.38. The van der Waals surface area contributed by atoms with E-state index in [-0.39, 0.29) is 18.4 Å². The number of aromatic nitrogens is 1. The normalized spacial score (nSPS) is 15.6. The van der Waals surface area contributed by atoms with Gasteiger partial charge in [-0.1, -0.05) is 18.2 Å². The summed E-state index contributed by atoms with van der Waals surface area (Å²) in [5, 5.41) is 12.6. The lowest BCUT2D eigenvalue weighted by Gasteiger charge is -2.19. The minimum atomic E-state index is -0.397. The molecule has 7 heteroatoms. The number of carbonyl (C=O) groups is 2. The quantitative estimate of drug-likeness (QED) is 0.621. The van der Waals surface area contributed by atoms with Crippen LogP contribution in [0.2, 0.25) is 0 Å². The van der Waals surface area contributed by atoms with Gasteiger partial charge in [-0.2, -0.15) is 5.26 Å². The number of amides is 2. The fraction of sp³-hybridized carbons (Fsp3) is 0.250. The number of rotatable bonds is 5. The van der Waals surface area contributed by atoms with Gasteiger partial charge in [0.25, 0.3) is 5.91 Å². The fourth-order valence-corrected chi connectivity index (χ4v) is 4.27. The molecule has 0 unspecified atom stereocenters. The van der Waals surface area contributed by atoms with Gasteiger partial charge in [-0.25, -0.2) is 0 Å². The average molecular weight is 431 g/mol. The number of thioether (sulfide) groups is 1. The predicted octanol–water partition coefficient (Wildman–Crippen LogP) is 3.87. The van der Waals surface area contributed by atoms with E-state index in [1.807, 2.05) is 24.5 Å². The van der Waals surface area contributed by atoms with Gasteiger partial charge in [0.05, 0.1) is 23.7 Å². The van der Waals surface area contributed by atoms with Crippen LogP contribution < -0.4 is 5.32 Å². The number of nitriles is 1. The van der Waals surface area contributed by atoms with Crippen LogP contribution in [0.1, 0.15) is 23.2 Å². The van der Waals surface area contributed by atoms with E-state index in [1.54, 1.807) is 28.9 Å². The summed E-state index contributed by atoms with van der Waals surface area (Å²) < 4.78 is 0. The second kappa shape index (κ2) is 9.19. The lowest BCUT2D eigenvalue weighted by atomic mass is 10.0. The van der Waals surface area contributed by atoms with Crippen LogP contribution in [0.25, 0.3) is 22.0 Å². The van der Waals surface area contributed by atoms with Crippen LogP contribution >= 0.6 is 11.8 Å². The third-order valence-electron chi connectivity index (χ3n) is 5.53. The Balaban J connectivity index is 1.55. The highest BCUT2D eigenvalue weighted by Crippen LogP contribution is 2.27. The number of likely N-dealkylation sites (tertiary alicyclic amines) is 1. The van der Waals surface area contributed by atoms with Crippen molar-refractivity contribution in [2.75, 3.05) is 19.3 Å². The van der Waals surface area contributed by atoms with Crippen LogP contribution in [-0.4, -0.2) is 47.1 Å². The molecule has 1 saturated heterocycles. The van der Waals surface area contributed by atoms with Crippen LogP contribution in [0.3, 0.4) is 0 Å². The molecular weight excluding hydrogens is 408 g/mol. The maximum atomic E-state index is 12.9. The van der Waals surface area contributed by atoms with E-state index in [9.17, 15) is 9.59 Å². The lowest BCUT2D eigenvalue weighted by molar-refractivity contribution is -0.130. The molecule has 1 atom stereocenters. The third kappa shape index (κ3) is 4.39. The van der Waals surface area contributed by atoms with E-state index < -0.39 is 6.04 Å². The van der Waals surface area contributed by atoms with Crippen LogP contribution in [0, 0.1) is 11.3 Å². The van der Waals surface area contributed by atoms with E-state index >= 15 is 0 Å². The van der Waals surface area contributed by atoms with Gasteiger partial charge >= 0.3 is 0 Å². The zero-order chi connectivity index (χ0) is 21.8. The van der Waals surface area contributed by atoms with Crippen molar-refractivity contribution in [1.29, 1.82) is 5.26 Å². The highest BCUT2D eigenvalue weighted by Gasteiger charge is 2.28. The maximum Gasteiger partial charge on any atom is 0.252 e. The Morgan fingerprint density at radius 1 is 1.19 bits per heavy atom. The zero-order valence-electron chi connectivity index (χ0n) is 17.2. The first-order valence-electron chi connectivity index (χ1n) is 10.1. The molecule has 0 saturated carbocycles. The summed E-state index contributed by atoms with van der Waals surface area (Å²) in [6.45, 7) is 0.431. The average Bonchev–Trinajstić information content (AvgIpc) is 3.31. The highest BCUT2D eigenvalue weighted by atomic mass is 32.2. The van der Waals surface area contributed by atoms with Gasteiger partial charge in [0.15, 0.2) is 0 Å². The monoisotopic (exact) mass is 430 g/mol. The summed E-state index contributed by atoms with van der Waals surface area (Å²) in [7, 11) is 0. The Hall–Kier alpha value is -3.37. The van der Waals surface area contributed by atoms with E-state index in [4.69, 9.17) is 5.26 Å². The first-order chi connectivity index (χ1) is 15.1. The van der Waals surface area contributed by atoms with Crippen molar-refractivity contribution in [3.8, 4) is 17.2 Å². The van der Waals surface area contributed by atoms with E-state index in [1.165, 1.54) is 4.90 Å². The van der Waals surface area contributed by atoms with Crippen molar-refractivity contribution in [1.82, 2.24) is 15.2 Å². The Morgan fingerprint density at radius 3 is 2.71 bits per heavy atom. The van der Waals surface area contributed by atoms with Crippen LogP contribution in [-0.2, 0) is 4.79 Å². The summed E-state index contributed by atoms with van der Waals surface area (Å²) in [4.78, 5) is 32.4. The first kappa shape index (κ1) is 20.9. The first-order valence-corrected chi connectivity index (χ1v) is 11.3. The molecule has 6 nitrogen and oxygen atoms in total. The number of nitrogens with one attached hydrogen (secondary N) is 1. The molecule has 1 N–H and O–H groups in total. The van der Waals surface area contributed by atoms with Crippen LogP contribution in [0.15, 0.2) is 59.6 Å². The molecule has 0 spiro atoms. The minimum absolute atomic E-state index is 0.128. The molecule has 1 aliphatic heterocycles. The van der Waals surface area contributed by atoms with Gasteiger partial charge in [-0.05, 0) is 60.6 Å².